The number of hydrogen-bond donors (Lipinski definition) is 3. The monoisotopic (exact) mass is 213 g/mol. The number of aromatic nitrogens is 2. The summed E-state index contributed by atoms with van der Waals surface area (Å²) in [5.41, 5.74) is 0.281. The predicted octanol–water partition coefficient (Wildman–Crippen LogP) is -0.134. The standard InChI is InChI=1S/C7H11N5O3/c1-8-6(13)2-3-9-5-4-10-11-7(5)12(14)15/h4,9H,2-3H2,1H3,(H,8,13)(H,10,11). The molecule has 0 unspecified atom stereocenters. The molecular weight excluding hydrogens is 202 g/mol. The van der Waals surface area contributed by atoms with Gasteiger partial charge in [0.15, 0.2) is 5.69 Å². The number of H-pyrrole nitrogens is 1. The van der Waals surface area contributed by atoms with E-state index in [-0.39, 0.29) is 23.8 Å². The van der Waals surface area contributed by atoms with Gasteiger partial charge in [-0.15, -0.1) is 5.10 Å². The summed E-state index contributed by atoms with van der Waals surface area (Å²) in [5, 5.41) is 21.4. The van der Waals surface area contributed by atoms with Crippen molar-refractivity contribution in [1.82, 2.24) is 15.5 Å². The summed E-state index contributed by atoms with van der Waals surface area (Å²) in [4.78, 5) is 20.7. The molecule has 1 heterocycles. The van der Waals surface area contributed by atoms with Crippen LogP contribution < -0.4 is 10.6 Å². The third kappa shape index (κ3) is 2.93. The molecule has 0 spiro atoms. The minimum Gasteiger partial charge on any atom is -0.376 e. The molecule has 0 bridgehead atoms. The average Bonchev–Trinajstić information content (AvgIpc) is 2.65. The molecule has 8 nitrogen and oxygen atoms in total. The molecule has 0 atom stereocenters. The highest BCUT2D eigenvalue weighted by atomic mass is 16.6. The van der Waals surface area contributed by atoms with Crippen LogP contribution in [0.5, 0.6) is 0 Å². The molecule has 0 aliphatic rings. The lowest BCUT2D eigenvalue weighted by atomic mass is 10.4. The number of rotatable bonds is 5. The minimum atomic E-state index is -0.574. The third-order valence-corrected chi connectivity index (χ3v) is 1.75. The summed E-state index contributed by atoms with van der Waals surface area (Å²) in [6.45, 7) is 0.319. The van der Waals surface area contributed by atoms with Crippen molar-refractivity contribution in [2.24, 2.45) is 0 Å². The van der Waals surface area contributed by atoms with E-state index in [2.05, 4.69) is 20.8 Å². The van der Waals surface area contributed by atoms with Crippen molar-refractivity contribution in [1.29, 1.82) is 0 Å². The average molecular weight is 213 g/mol. The maximum atomic E-state index is 10.9. The van der Waals surface area contributed by atoms with Crippen LogP contribution in [0.15, 0.2) is 6.20 Å². The van der Waals surface area contributed by atoms with Crippen molar-refractivity contribution in [2.45, 2.75) is 6.42 Å². The third-order valence-electron chi connectivity index (χ3n) is 1.75. The molecule has 1 amide bonds. The van der Waals surface area contributed by atoms with Crippen molar-refractivity contribution in [3.63, 3.8) is 0 Å². The summed E-state index contributed by atoms with van der Waals surface area (Å²) in [6, 6.07) is 0. The lowest BCUT2D eigenvalue weighted by Crippen LogP contribution is -2.20. The molecule has 15 heavy (non-hydrogen) atoms. The van der Waals surface area contributed by atoms with Crippen LogP contribution in [0.25, 0.3) is 0 Å². The summed E-state index contributed by atoms with van der Waals surface area (Å²) in [7, 11) is 1.53. The zero-order chi connectivity index (χ0) is 11.3. The molecule has 0 saturated heterocycles. The Bertz CT molecular complexity index is 361. The largest absolute Gasteiger partial charge is 0.376 e. The number of amides is 1. The van der Waals surface area contributed by atoms with Crippen LogP contribution in [-0.2, 0) is 4.79 Å². The first-order valence-electron chi connectivity index (χ1n) is 4.27. The van der Waals surface area contributed by atoms with E-state index in [1.165, 1.54) is 13.2 Å². The lowest BCUT2D eigenvalue weighted by Gasteiger charge is -2.02. The highest BCUT2D eigenvalue weighted by Gasteiger charge is 2.13. The second-order valence-electron chi connectivity index (χ2n) is 2.74. The van der Waals surface area contributed by atoms with E-state index in [0.717, 1.165) is 0 Å². The number of hydrogen-bond acceptors (Lipinski definition) is 5. The number of carbonyl (C=O) groups is 1. The van der Waals surface area contributed by atoms with Gasteiger partial charge in [0, 0.05) is 20.0 Å². The topological polar surface area (TPSA) is 113 Å². The van der Waals surface area contributed by atoms with Crippen LogP contribution in [-0.4, -0.2) is 34.6 Å². The van der Waals surface area contributed by atoms with Crippen LogP contribution in [0.1, 0.15) is 6.42 Å². The maximum absolute atomic E-state index is 10.9. The van der Waals surface area contributed by atoms with Gasteiger partial charge in [-0.05, 0) is 4.92 Å². The van der Waals surface area contributed by atoms with Gasteiger partial charge in [0.05, 0.1) is 0 Å². The fraction of sp³-hybridized carbons (Fsp3) is 0.429. The Morgan fingerprint density at radius 2 is 2.47 bits per heavy atom. The van der Waals surface area contributed by atoms with Crippen molar-refractivity contribution in [3.8, 4) is 0 Å². The number of nitro groups is 1. The van der Waals surface area contributed by atoms with Crippen LogP contribution in [0, 0.1) is 10.1 Å². The van der Waals surface area contributed by atoms with Crippen molar-refractivity contribution >= 4 is 17.4 Å². The van der Waals surface area contributed by atoms with E-state index in [1.54, 1.807) is 0 Å². The quantitative estimate of drug-likeness (QED) is 0.465. The number of carbonyl (C=O) groups excluding carboxylic acids is 1. The second kappa shape index (κ2) is 4.94. The van der Waals surface area contributed by atoms with E-state index in [1.807, 2.05) is 0 Å². The van der Waals surface area contributed by atoms with Crippen LogP contribution >= 0.6 is 0 Å². The second-order valence-corrected chi connectivity index (χ2v) is 2.74. The van der Waals surface area contributed by atoms with Gasteiger partial charge in [0.1, 0.15) is 6.20 Å². The summed E-state index contributed by atoms with van der Waals surface area (Å²) < 4.78 is 0. The fourth-order valence-corrected chi connectivity index (χ4v) is 0.984. The van der Waals surface area contributed by atoms with Gasteiger partial charge in [-0.25, -0.2) is 0 Å². The Labute approximate surface area is 85.2 Å². The van der Waals surface area contributed by atoms with Crippen molar-refractivity contribution < 1.29 is 9.72 Å². The van der Waals surface area contributed by atoms with Gasteiger partial charge in [-0.3, -0.25) is 4.79 Å². The SMILES string of the molecule is CNC(=O)CCNc1cn[nH]c1[N+](=O)[O-]. The molecule has 1 aromatic heterocycles. The predicted molar refractivity (Wildman–Crippen MR) is 52.4 cm³/mol. The summed E-state index contributed by atoms with van der Waals surface area (Å²) in [6.07, 6.45) is 1.56. The Morgan fingerprint density at radius 1 is 1.73 bits per heavy atom. The Kier molecular flexibility index (Phi) is 3.61. The van der Waals surface area contributed by atoms with Gasteiger partial charge in [0.25, 0.3) is 0 Å². The first-order valence-corrected chi connectivity index (χ1v) is 4.27. The lowest BCUT2D eigenvalue weighted by molar-refractivity contribution is -0.388. The Hall–Kier alpha value is -2.12. The molecule has 82 valence electrons. The molecule has 0 saturated carbocycles. The van der Waals surface area contributed by atoms with E-state index < -0.39 is 4.92 Å². The smallest absolute Gasteiger partial charge is 0.366 e. The number of nitrogens with one attached hydrogen (secondary N) is 3. The Balaban J connectivity index is 2.47. The molecule has 8 heteroatoms. The Morgan fingerprint density at radius 3 is 3.07 bits per heavy atom. The van der Waals surface area contributed by atoms with Crippen molar-refractivity contribution in [2.75, 3.05) is 18.9 Å². The fourth-order valence-electron chi connectivity index (χ4n) is 0.984. The van der Waals surface area contributed by atoms with Gasteiger partial charge in [-0.2, -0.15) is 0 Å². The number of nitrogens with zero attached hydrogens (tertiary/aromatic N) is 2. The van der Waals surface area contributed by atoms with Crippen LogP contribution in [0.4, 0.5) is 11.5 Å². The zero-order valence-corrected chi connectivity index (χ0v) is 8.11. The first kappa shape index (κ1) is 11.0. The summed E-state index contributed by atoms with van der Waals surface area (Å²) in [5.74, 6) is -0.333. The number of anilines is 1. The molecular formula is C7H11N5O3. The van der Waals surface area contributed by atoms with Gasteiger partial charge in [0.2, 0.25) is 5.91 Å². The molecule has 1 aromatic rings. The molecule has 0 radical (unpaired) electrons. The van der Waals surface area contributed by atoms with Crippen LogP contribution in [0.2, 0.25) is 0 Å². The summed E-state index contributed by atoms with van der Waals surface area (Å²) >= 11 is 0. The molecule has 0 aliphatic carbocycles. The first-order chi connectivity index (χ1) is 7.15. The zero-order valence-electron chi connectivity index (χ0n) is 8.11. The van der Waals surface area contributed by atoms with Gasteiger partial charge < -0.3 is 20.7 Å². The molecule has 0 aromatic carbocycles. The van der Waals surface area contributed by atoms with E-state index in [4.69, 9.17) is 0 Å². The molecule has 3 N–H and O–H groups in total. The molecule has 0 fully saturated rings. The van der Waals surface area contributed by atoms with Crippen molar-refractivity contribution in [3.05, 3.63) is 16.3 Å². The highest BCUT2D eigenvalue weighted by Crippen LogP contribution is 2.19. The highest BCUT2D eigenvalue weighted by molar-refractivity contribution is 5.76. The van der Waals surface area contributed by atoms with E-state index in [0.29, 0.717) is 6.54 Å². The van der Waals surface area contributed by atoms with Crippen LogP contribution in [0.3, 0.4) is 0 Å². The van der Waals surface area contributed by atoms with E-state index in [9.17, 15) is 14.9 Å². The van der Waals surface area contributed by atoms with Gasteiger partial charge >= 0.3 is 5.82 Å². The maximum Gasteiger partial charge on any atom is 0.366 e. The molecule has 1 rings (SSSR count). The molecule has 0 aliphatic heterocycles. The minimum absolute atomic E-state index is 0.131. The van der Waals surface area contributed by atoms with E-state index >= 15 is 0 Å². The van der Waals surface area contributed by atoms with Gasteiger partial charge in [-0.1, -0.05) is 5.10 Å². The number of aromatic amines is 1. The normalized spacial score (nSPS) is 9.67.